The van der Waals surface area contributed by atoms with Crippen molar-refractivity contribution in [2.24, 2.45) is 0 Å². The molecule has 0 saturated carbocycles. The summed E-state index contributed by atoms with van der Waals surface area (Å²) in [5.41, 5.74) is 0.669. The van der Waals surface area contributed by atoms with Crippen LogP contribution in [-0.4, -0.2) is 50.0 Å². The second-order valence-corrected chi connectivity index (χ2v) is 6.87. The lowest BCUT2D eigenvalue weighted by Crippen LogP contribution is -2.26. The van der Waals surface area contributed by atoms with Gasteiger partial charge in [0.1, 0.15) is 11.4 Å². The predicted molar refractivity (Wildman–Crippen MR) is 98.6 cm³/mol. The van der Waals surface area contributed by atoms with Crippen LogP contribution >= 0.6 is 11.8 Å². The summed E-state index contributed by atoms with van der Waals surface area (Å²) in [4.78, 5) is 25.3. The quantitative estimate of drug-likeness (QED) is 0.593. The summed E-state index contributed by atoms with van der Waals surface area (Å²) in [5.74, 6) is -2.88. The highest BCUT2D eigenvalue weighted by molar-refractivity contribution is 7.98. The molecule has 0 saturated heterocycles. The van der Waals surface area contributed by atoms with Crippen molar-refractivity contribution >= 4 is 23.6 Å². The van der Waals surface area contributed by atoms with Gasteiger partial charge in [0.05, 0.1) is 0 Å². The summed E-state index contributed by atoms with van der Waals surface area (Å²) in [7, 11) is 1.54. The summed E-state index contributed by atoms with van der Waals surface area (Å²) in [6.45, 7) is 0.344. The molecule has 1 amide bonds. The van der Waals surface area contributed by atoms with E-state index >= 15 is 0 Å². The second kappa shape index (κ2) is 8.81. The van der Waals surface area contributed by atoms with Crippen molar-refractivity contribution in [1.82, 2.24) is 9.47 Å². The van der Waals surface area contributed by atoms with Crippen molar-refractivity contribution in [3.05, 3.63) is 41.3 Å². The summed E-state index contributed by atoms with van der Waals surface area (Å²) in [5, 5.41) is 28.7. The van der Waals surface area contributed by atoms with E-state index in [0.717, 1.165) is 5.56 Å². The number of hydrogen-bond donors (Lipinski definition) is 3. The van der Waals surface area contributed by atoms with E-state index in [1.807, 2.05) is 0 Å². The zero-order chi connectivity index (χ0) is 20.1. The van der Waals surface area contributed by atoms with Crippen LogP contribution in [0.1, 0.15) is 28.8 Å². The molecule has 27 heavy (non-hydrogen) atoms. The topological polar surface area (TPSA) is 103 Å². The first-order valence-corrected chi connectivity index (χ1v) is 9.37. The number of benzene rings is 1. The molecule has 0 aliphatic rings. The Labute approximate surface area is 160 Å². The normalized spacial score (nSPS) is 10.8. The lowest BCUT2D eigenvalue weighted by atomic mass is 10.2. The number of carboxylic acids is 1. The fraction of sp³-hybridized carbons (Fsp3) is 0.333. The molecule has 3 N–H and O–H groups in total. The molecule has 2 rings (SSSR count). The van der Waals surface area contributed by atoms with Crippen molar-refractivity contribution in [3.63, 3.8) is 0 Å². The minimum absolute atomic E-state index is 0.0851. The van der Waals surface area contributed by atoms with Gasteiger partial charge in [0.25, 0.3) is 5.91 Å². The van der Waals surface area contributed by atoms with Gasteiger partial charge >= 0.3 is 5.97 Å². The van der Waals surface area contributed by atoms with Crippen molar-refractivity contribution in [3.8, 4) is 11.6 Å². The van der Waals surface area contributed by atoms with E-state index in [1.165, 1.54) is 46.6 Å². The number of hydrogen-bond acceptors (Lipinski definition) is 5. The Morgan fingerprint density at radius 1 is 1.30 bits per heavy atom. The Morgan fingerprint density at radius 2 is 2.00 bits per heavy atom. The van der Waals surface area contributed by atoms with Crippen molar-refractivity contribution < 1.29 is 29.3 Å². The minimum atomic E-state index is -0.967. The van der Waals surface area contributed by atoms with Gasteiger partial charge in [-0.25, -0.2) is 4.39 Å². The molecule has 146 valence electrons. The van der Waals surface area contributed by atoms with E-state index in [2.05, 4.69) is 0 Å². The van der Waals surface area contributed by atoms with Crippen molar-refractivity contribution in [1.29, 1.82) is 0 Å². The number of amides is 1. The van der Waals surface area contributed by atoms with Crippen LogP contribution in [0.15, 0.2) is 29.3 Å². The average molecular weight is 396 g/mol. The van der Waals surface area contributed by atoms with Gasteiger partial charge in [0, 0.05) is 37.7 Å². The number of carbonyl (C=O) groups excluding carboxylic acids is 1. The lowest BCUT2D eigenvalue weighted by Gasteiger charge is -2.18. The molecular formula is C18H21FN2O5S. The van der Waals surface area contributed by atoms with Gasteiger partial charge in [-0.3, -0.25) is 9.59 Å². The molecule has 1 aromatic heterocycles. The summed E-state index contributed by atoms with van der Waals surface area (Å²) in [6.07, 6.45) is 3.25. The fourth-order valence-electron chi connectivity index (χ4n) is 2.64. The zero-order valence-corrected chi connectivity index (χ0v) is 15.8. The van der Waals surface area contributed by atoms with Crippen molar-refractivity contribution in [2.45, 2.75) is 30.8 Å². The van der Waals surface area contributed by atoms with Gasteiger partial charge in [-0.15, -0.1) is 11.8 Å². The molecule has 1 aromatic carbocycles. The number of aliphatic carboxylic acids is 1. The van der Waals surface area contributed by atoms with Crippen LogP contribution in [0.25, 0.3) is 0 Å². The molecule has 9 heteroatoms. The van der Waals surface area contributed by atoms with E-state index in [0.29, 0.717) is 4.90 Å². The zero-order valence-electron chi connectivity index (χ0n) is 15.0. The minimum Gasteiger partial charge on any atom is -0.503 e. The molecule has 0 atom stereocenters. The number of aromatic nitrogens is 1. The maximum Gasteiger partial charge on any atom is 0.303 e. The van der Waals surface area contributed by atoms with Gasteiger partial charge in [-0.1, -0.05) is 6.07 Å². The third-order valence-electron chi connectivity index (χ3n) is 4.05. The number of thioether (sulfide) groups is 1. The molecular weight excluding hydrogens is 375 g/mol. The second-order valence-electron chi connectivity index (χ2n) is 6.02. The van der Waals surface area contributed by atoms with E-state index in [-0.39, 0.29) is 37.3 Å². The molecule has 0 unspecified atom stereocenters. The molecule has 0 spiro atoms. The third-order valence-corrected chi connectivity index (χ3v) is 4.87. The smallest absolute Gasteiger partial charge is 0.303 e. The first kappa shape index (κ1) is 20.6. The summed E-state index contributed by atoms with van der Waals surface area (Å²) in [6, 6.07) is 4.30. The number of aryl methyl sites for hydroxylation is 1. The summed E-state index contributed by atoms with van der Waals surface area (Å²) >= 11 is 1.36. The Hall–Kier alpha value is -2.68. The Bertz CT molecular complexity index is 853. The van der Waals surface area contributed by atoms with Crippen LogP contribution in [0.5, 0.6) is 11.6 Å². The van der Waals surface area contributed by atoms with E-state index in [1.54, 1.807) is 12.3 Å². The predicted octanol–water partition coefficient (Wildman–Crippen LogP) is 2.90. The van der Waals surface area contributed by atoms with Gasteiger partial charge in [0.2, 0.25) is 5.88 Å². The van der Waals surface area contributed by atoms with Crippen LogP contribution in [0.4, 0.5) is 4.39 Å². The molecule has 7 nitrogen and oxygen atoms in total. The summed E-state index contributed by atoms with van der Waals surface area (Å²) < 4.78 is 14.6. The molecule has 0 aliphatic heterocycles. The molecule has 2 aromatic rings. The van der Waals surface area contributed by atoms with Gasteiger partial charge in [-0.05, 0) is 30.4 Å². The molecule has 1 heterocycles. The number of halogens is 1. The Morgan fingerprint density at radius 3 is 2.63 bits per heavy atom. The Kier molecular flexibility index (Phi) is 6.73. The molecule has 0 fully saturated rings. The third kappa shape index (κ3) is 4.94. The number of rotatable bonds is 8. The van der Waals surface area contributed by atoms with E-state index < -0.39 is 23.5 Å². The molecule has 0 aliphatic carbocycles. The Balaban J connectivity index is 2.16. The van der Waals surface area contributed by atoms with E-state index in [9.17, 15) is 24.2 Å². The lowest BCUT2D eigenvalue weighted by molar-refractivity contribution is -0.137. The van der Waals surface area contributed by atoms with Crippen LogP contribution in [0.3, 0.4) is 0 Å². The van der Waals surface area contributed by atoms with Gasteiger partial charge in [-0.2, -0.15) is 0 Å². The number of aromatic hydroxyl groups is 2. The number of nitrogens with zero attached hydrogens (tertiary/aromatic N) is 2. The van der Waals surface area contributed by atoms with Crippen LogP contribution < -0.4 is 0 Å². The van der Waals surface area contributed by atoms with Gasteiger partial charge in [0.15, 0.2) is 5.75 Å². The molecule has 0 radical (unpaired) electrons. The average Bonchev–Trinajstić information content (AvgIpc) is 2.90. The largest absolute Gasteiger partial charge is 0.503 e. The maximum absolute atomic E-state index is 13.4. The highest BCUT2D eigenvalue weighted by Crippen LogP contribution is 2.33. The van der Waals surface area contributed by atoms with Crippen LogP contribution in [-0.2, 0) is 17.9 Å². The SMILES string of the molecule is CSc1cc(F)ccc1CN(C)C(=O)c1cn(CCCC(=O)O)c(O)c1O. The standard InChI is InChI=1S/C18H21FN2O5S/c1-20(9-11-5-6-12(19)8-14(11)27-2)17(25)13-10-21(18(26)16(13)24)7-3-4-15(22)23/h5-6,8,10,24,26H,3-4,7,9H2,1-2H3,(H,22,23). The molecule has 0 bridgehead atoms. The maximum atomic E-state index is 13.4. The van der Waals surface area contributed by atoms with Gasteiger partial charge < -0.3 is 24.8 Å². The highest BCUT2D eigenvalue weighted by atomic mass is 32.2. The number of carbonyl (C=O) groups is 2. The first-order chi connectivity index (χ1) is 12.7. The van der Waals surface area contributed by atoms with E-state index in [4.69, 9.17) is 5.11 Å². The monoisotopic (exact) mass is 396 g/mol. The van der Waals surface area contributed by atoms with Crippen molar-refractivity contribution in [2.75, 3.05) is 13.3 Å². The fourth-order valence-corrected chi connectivity index (χ4v) is 3.27. The highest BCUT2D eigenvalue weighted by Gasteiger charge is 2.23. The van der Waals surface area contributed by atoms with Crippen LogP contribution in [0, 0.1) is 5.82 Å². The van der Waals surface area contributed by atoms with Crippen LogP contribution in [0.2, 0.25) is 0 Å². The first-order valence-electron chi connectivity index (χ1n) is 8.15. The number of carboxylic acid groups (broad SMARTS) is 1.